The van der Waals surface area contributed by atoms with Crippen LogP contribution >= 0.6 is 0 Å². The number of rotatable bonds is 2. The molecule has 0 spiro atoms. The monoisotopic (exact) mass is 271 g/mol. The SMILES string of the molecule is CC1CC1c1ccc(-c2nc(N)cc(C(C)(C)C)n2)o1. The summed E-state index contributed by atoms with van der Waals surface area (Å²) in [6, 6.07) is 5.81. The molecule has 4 heteroatoms. The quantitative estimate of drug-likeness (QED) is 0.903. The summed E-state index contributed by atoms with van der Waals surface area (Å²) >= 11 is 0. The Bertz CT molecular complexity index is 639. The molecular formula is C16H21N3O. The first-order chi connectivity index (χ1) is 9.34. The maximum absolute atomic E-state index is 5.91. The molecule has 1 aliphatic carbocycles. The van der Waals surface area contributed by atoms with Crippen LogP contribution in [0, 0.1) is 5.92 Å². The molecule has 2 unspecified atom stereocenters. The fourth-order valence-corrected chi connectivity index (χ4v) is 2.35. The van der Waals surface area contributed by atoms with Crippen LogP contribution in [0.2, 0.25) is 0 Å². The molecular weight excluding hydrogens is 250 g/mol. The van der Waals surface area contributed by atoms with Gasteiger partial charge in [-0.25, -0.2) is 9.97 Å². The van der Waals surface area contributed by atoms with Gasteiger partial charge in [-0.2, -0.15) is 0 Å². The Labute approximate surface area is 119 Å². The third kappa shape index (κ3) is 2.42. The van der Waals surface area contributed by atoms with Crippen molar-refractivity contribution >= 4 is 5.82 Å². The summed E-state index contributed by atoms with van der Waals surface area (Å²) in [5.41, 5.74) is 6.77. The Hall–Kier alpha value is -1.84. The lowest BCUT2D eigenvalue weighted by Gasteiger charge is -2.18. The number of furan rings is 1. The highest BCUT2D eigenvalue weighted by atomic mass is 16.3. The Kier molecular flexibility index (Phi) is 2.85. The van der Waals surface area contributed by atoms with Gasteiger partial charge in [-0.05, 0) is 24.5 Å². The van der Waals surface area contributed by atoms with Gasteiger partial charge in [-0.15, -0.1) is 0 Å². The molecule has 0 bridgehead atoms. The van der Waals surface area contributed by atoms with Crippen molar-refractivity contribution in [1.82, 2.24) is 9.97 Å². The molecule has 0 aliphatic heterocycles. The lowest BCUT2D eigenvalue weighted by Crippen LogP contribution is -2.15. The van der Waals surface area contributed by atoms with Gasteiger partial charge in [0.15, 0.2) is 11.6 Å². The van der Waals surface area contributed by atoms with Crippen molar-refractivity contribution in [2.24, 2.45) is 5.92 Å². The second-order valence-electron chi connectivity index (χ2n) is 6.77. The van der Waals surface area contributed by atoms with Gasteiger partial charge in [0.1, 0.15) is 11.6 Å². The first-order valence-electron chi connectivity index (χ1n) is 7.10. The molecule has 0 amide bonds. The molecule has 1 saturated carbocycles. The summed E-state index contributed by atoms with van der Waals surface area (Å²) < 4.78 is 5.91. The maximum Gasteiger partial charge on any atom is 0.197 e. The summed E-state index contributed by atoms with van der Waals surface area (Å²) in [5, 5.41) is 0. The van der Waals surface area contributed by atoms with E-state index in [0.717, 1.165) is 17.4 Å². The molecule has 2 aromatic heterocycles. The minimum Gasteiger partial charge on any atom is -0.457 e. The first kappa shape index (κ1) is 13.2. The summed E-state index contributed by atoms with van der Waals surface area (Å²) in [5.74, 6) is 4.09. The van der Waals surface area contributed by atoms with E-state index < -0.39 is 0 Å². The van der Waals surface area contributed by atoms with E-state index in [1.165, 1.54) is 6.42 Å². The summed E-state index contributed by atoms with van der Waals surface area (Å²) in [4.78, 5) is 8.90. The van der Waals surface area contributed by atoms with E-state index >= 15 is 0 Å². The van der Waals surface area contributed by atoms with Gasteiger partial charge in [-0.1, -0.05) is 27.7 Å². The van der Waals surface area contributed by atoms with E-state index in [0.29, 0.717) is 23.3 Å². The molecule has 20 heavy (non-hydrogen) atoms. The average Bonchev–Trinajstić information content (AvgIpc) is 2.90. The Morgan fingerprint density at radius 1 is 1.25 bits per heavy atom. The highest BCUT2D eigenvalue weighted by Gasteiger charge is 2.36. The minimum atomic E-state index is -0.0633. The predicted molar refractivity (Wildman–Crippen MR) is 79.4 cm³/mol. The van der Waals surface area contributed by atoms with Crippen LogP contribution in [-0.4, -0.2) is 9.97 Å². The van der Waals surface area contributed by atoms with E-state index in [2.05, 4.69) is 37.7 Å². The summed E-state index contributed by atoms with van der Waals surface area (Å²) in [6.45, 7) is 8.57. The van der Waals surface area contributed by atoms with Crippen LogP contribution in [-0.2, 0) is 5.41 Å². The van der Waals surface area contributed by atoms with Crippen LogP contribution in [0.3, 0.4) is 0 Å². The van der Waals surface area contributed by atoms with Crippen molar-refractivity contribution in [2.75, 3.05) is 5.73 Å². The zero-order chi connectivity index (χ0) is 14.5. The van der Waals surface area contributed by atoms with Gasteiger partial charge >= 0.3 is 0 Å². The predicted octanol–water partition coefficient (Wildman–Crippen LogP) is 3.74. The molecule has 0 aromatic carbocycles. The lowest BCUT2D eigenvalue weighted by molar-refractivity contribution is 0.512. The number of aromatic nitrogens is 2. The number of nitrogens with two attached hydrogens (primary N) is 1. The van der Waals surface area contributed by atoms with Crippen molar-refractivity contribution in [3.63, 3.8) is 0 Å². The zero-order valence-electron chi connectivity index (χ0n) is 12.5. The van der Waals surface area contributed by atoms with Crippen LogP contribution in [0.1, 0.15) is 51.5 Å². The van der Waals surface area contributed by atoms with Crippen molar-refractivity contribution < 1.29 is 4.42 Å². The average molecular weight is 271 g/mol. The fourth-order valence-electron chi connectivity index (χ4n) is 2.35. The van der Waals surface area contributed by atoms with Gasteiger partial charge < -0.3 is 10.2 Å². The van der Waals surface area contributed by atoms with E-state index in [1.807, 2.05) is 18.2 Å². The normalized spacial score (nSPS) is 22.0. The second-order valence-corrected chi connectivity index (χ2v) is 6.77. The van der Waals surface area contributed by atoms with Gasteiger partial charge in [0.2, 0.25) is 0 Å². The molecule has 2 aromatic rings. The van der Waals surface area contributed by atoms with Crippen molar-refractivity contribution in [3.8, 4) is 11.6 Å². The van der Waals surface area contributed by atoms with E-state index in [1.54, 1.807) is 0 Å². The largest absolute Gasteiger partial charge is 0.457 e. The smallest absolute Gasteiger partial charge is 0.197 e. The number of nitrogens with zero attached hydrogens (tertiary/aromatic N) is 2. The molecule has 4 nitrogen and oxygen atoms in total. The summed E-state index contributed by atoms with van der Waals surface area (Å²) in [6.07, 6.45) is 1.21. The highest BCUT2D eigenvalue weighted by molar-refractivity contribution is 5.51. The van der Waals surface area contributed by atoms with Gasteiger partial charge in [-0.3, -0.25) is 0 Å². The third-order valence-corrected chi connectivity index (χ3v) is 3.84. The second kappa shape index (κ2) is 4.33. The van der Waals surface area contributed by atoms with E-state index in [-0.39, 0.29) is 5.41 Å². The number of anilines is 1. The topological polar surface area (TPSA) is 64.9 Å². The van der Waals surface area contributed by atoms with Crippen LogP contribution in [0.25, 0.3) is 11.6 Å². The molecule has 2 heterocycles. The van der Waals surface area contributed by atoms with Gasteiger partial charge in [0.25, 0.3) is 0 Å². The first-order valence-corrected chi connectivity index (χ1v) is 7.10. The van der Waals surface area contributed by atoms with Crippen LogP contribution < -0.4 is 5.73 Å². The number of hydrogen-bond acceptors (Lipinski definition) is 4. The third-order valence-electron chi connectivity index (χ3n) is 3.84. The standard InChI is InChI=1S/C16H21N3O/c1-9-7-10(9)11-5-6-12(20-11)15-18-13(16(2,3)4)8-14(17)19-15/h5-6,8-10H,7H2,1-4H3,(H2,17,18,19). The Balaban J connectivity index is 1.97. The summed E-state index contributed by atoms with van der Waals surface area (Å²) in [7, 11) is 0. The molecule has 2 N–H and O–H groups in total. The maximum atomic E-state index is 5.91. The van der Waals surface area contributed by atoms with E-state index in [9.17, 15) is 0 Å². The van der Waals surface area contributed by atoms with Gasteiger partial charge in [0.05, 0.1) is 5.69 Å². The van der Waals surface area contributed by atoms with Gasteiger partial charge in [0, 0.05) is 17.4 Å². The molecule has 1 aliphatic rings. The number of nitrogen functional groups attached to an aromatic ring is 1. The van der Waals surface area contributed by atoms with Crippen LogP contribution in [0.5, 0.6) is 0 Å². The lowest BCUT2D eigenvalue weighted by atomic mass is 9.92. The van der Waals surface area contributed by atoms with Crippen molar-refractivity contribution in [2.45, 2.75) is 45.4 Å². The highest BCUT2D eigenvalue weighted by Crippen LogP contribution is 2.47. The van der Waals surface area contributed by atoms with Crippen molar-refractivity contribution in [3.05, 3.63) is 29.7 Å². The zero-order valence-corrected chi connectivity index (χ0v) is 12.5. The molecule has 0 saturated heterocycles. The van der Waals surface area contributed by atoms with Crippen LogP contribution in [0.15, 0.2) is 22.6 Å². The molecule has 106 valence electrons. The molecule has 2 atom stereocenters. The Morgan fingerprint density at radius 2 is 1.95 bits per heavy atom. The fraction of sp³-hybridized carbons (Fsp3) is 0.500. The Morgan fingerprint density at radius 3 is 2.55 bits per heavy atom. The van der Waals surface area contributed by atoms with Crippen molar-refractivity contribution in [1.29, 1.82) is 0 Å². The molecule has 3 rings (SSSR count). The number of hydrogen-bond donors (Lipinski definition) is 1. The van der Waals surface area contributed by atoms with Crippen LogP contribution in [0.4, 0.5) is 5.82 Å². The minimum absolute atomic E-state index is 0.0633. The van der Waals surface area contributed by atoms with E-state index in [4.69, 9.17) is 10.2 Å². The molecule has 1 fully saturated rings. The molecule has 0 radical (unpaired) electrons.